The highest BCUT2D eigenvalue weighted by molar-refractivity contribution is 7.47. The minimum absolute atomic E-state index is 0.102. The van der Waals surface area contributed by atoms with Crippen LogP contribution in [0.2, 0.25) is 0 Å². The van der Waals surface area contributed by atoms with Crippen molar-refractivity contribution in [2.24, 2.45) is 23.7 Å². The van der Waals surface area contributed by atoms with E-state index in [1.54, 1.807) is 0 Å². The third-order valence-electron chi connectivity index (χ3n) is 18.3. The fraction of sp³-hybridized carbons (Fsp3) is 0.947. The fourth-order valence-electron chi connectivity index (χ4n) is 11.5. The monoisotopic (exact) mass is 1400 g/mol. The zero-order chi connectivity index (χ0) is 70.3. The number of unbranched alkanes of at least 4 members (excludes halogenated alkanes) is 37. The summed E-state index contributed by atoms with van der Waals surface area (Å²) in [5, 5.41) is 10.6. The molecule has 0 spiro atoms. The fourth-order valence-corrected chi connectivity index (χ4v) is 13.1. The first-order valence-electron chi connectivity index (χ1n) is 39.3. The zero-order valence-corrected chi connectivity index (χ0v) is 64.1. The highest BCUT2D eigenvalue weighted by atomic mass is 31.2. The van der Waals surface area contributed by atoms with Crippen molar-refractivity contribution >= 4 is 39.5 Å². The van der Waals surface area contributed by atoms with Crippen molar-refractivity contribution in [3.63, 3.8) is 0 Å². The predicted molar refractivity (Wildman–Crippen MR) is 386 cm³/mol. The van der Waals surface area contributed by atoms with E-state index in [9.17, 15) is 43.2 Å². The van der Waals surface area contributed by atoms with E-state index in [2.05, 4.69) is 55.4 Å². The van der Waals surface area contributed by atoms with Gasteiger partial charge in [-0.3, -0.25) is 37.3 Å². The number of phosphoric acid groups is 2. The van der Waals surface area contributed by atoms with E-state index in [0.717, 1.165) is 120 Å². The lowest BCUT2D eigenvalue weighted by atomic mass is 10.00. The number of hydrogen-bond acceptors (Lipinski definition) is 15. The normalized spacial score (nSPS) is 14.7. The maximum atomic E-state index is 13.1. The second-order valence-corrected chi connectivity index (χ2v) is 31.7. The van der Waals surface area contributed by atoms with Gasteiger partial charge < -0.3 is 33.8 Å². The molecule has 0 bridgehead atoms. The quantitative estimate of drug-likeness (QED) is 0.0222. The van der Waals surface area contributed by atoms with Crippen molar-refractivity contribution in [3.05, 3.63) is 0 Å². The number of aliphatic hydroxyl groups excluding tert-OH is 1. The third-order valence-corrected chi connectivity index (χ3v) is 20.2. The van der Waals surface area contributed by atoms with Gasteiger partial charge in [0.2, 0.25) is 0 Å². The molecule has 17 nitrogen and oxygen atoms in total. The Morgan fingerprint density at radius 2 is 0.505 bits per heavy atom. The van der Waals surface area contributed by atoms with E-state index < -0.39 is 97.5 Å². The van der Waals surface area contributed by atoms with E-state index in [0.29, 0.717) is 25.7 Å². The van der Waals surface area contributed by atoms with Crippen LogP contribution in [0, 0.1) is 23.7 Å². The Bertz CT molecular complexity index is 1870. The van der Waals surface area contributed by atoms with E-state index in [1.165, 1.54) is 180 Å². The molecule has 0 fully saturated rings. The Balaban J connectivity index is 5.22. The molecular weight excluding hydrogens is 1250 g/mol. The first-order valence-corrected chi connectivity index (χ1v) is 42.3. The van der Waals surface area contributed by atoms with Crippen LogP contribution in [0.25, 0.3) is 0 Å². The average Bonchev–Trinajstić information content (AvgIpc) is 2.33. The molecule has 0 aliphatic rings. The number of ether oxygens (including phenoxy) is 4. The first-order chi connectivity index (χ1) is 45.7. The summed E-state index contributed by atoms with van der Waals surface area (Å²) < 4.78 is 68.5. The molecule has 564 valence electrons. The van der Waals surface area contributed by atoms with Crippen LogP contribution in [-0.2, 0) is 65.4 Å². The van der Waals surface area contributed by atoms with Crippen molar-refractivity contribution in [1.29, 1.82) is 0 Å². The number of esters is 4. The maximum Gasteiger partial charge on any atom is 0.472 e. The SMILES string of the molecule is CCC(C)CCCCCCCCC(=O)OC[C@H](COP(=O)(O)OC[C@H](O)COP(=O)(O)OC[C@@H](COC(=O)CCCCCCCCCCCCCCCCCCC(C)C)OC(=O)CCCCCCCCCCCCCCCC(C)C)OC(=O)CCCCCCCCC(C)CC. The van der Waals surface area contributed by atoms with Crippen LogP contribution in [0.1, 0.15) is 383 Å². The summed E-state index contributed by atoms with van der Waals surface area (Å²) in [6, 6.07) is 0. The van der Waals surface area contributed by atoms with Gasteiger partial charge in [-0.2, -0.15) is 0 Å². The summed E-state index contributed by atoms with van der Waals surface area (Å²) >= 11 is 0. The standard InChI is InChI=1S/C76H148O17P2/c1-9-68(7)54-46-38-32-34-41-49-57-74(79)87-63-72(93-76(81)59-51-43-35-33-39-47-55-69(8)10-2)65-91-95(84,85)89-61-70(77)60-88-94(82,83)90-64-71(92-75(80)58-50-42-31-27-23-19-15-17-21-25-29-37-45-53-67(5)6)62-86-73(78)56-48-40-30-26-22-18-14-12-11-13-16-20-24-28-36-44-52-66(3)4/h66-72,77H,9-65H2,1-8H3,(H,82,83)(H,84,85)/t68?,69?,70-,71-,72-/m1/s1. The van der Waals surface area contributed by atoms with Crippen LogP contribution in [-0.4, -0.2) is 96.7 Å². The molecule has 0 amide bonds. The number of aliphatic hydroxyl groups is 1. The van der Waals surface area contributed by atoms with Crippen LogP contribution in [0.4, 0.5) is 0 Å². The van der Waals surface area contributed by atoms with Gasteiger partial charge in [0.05, 0.1) is 26.4 Å². The molecular formula is C76H148O17P2. The van der Waals surface area contributed by atoms with Crippen molar-refractivity contribution in [1.82, 2.24) is 0 Å². The van der Waals surface area contributed by atoms with Gasteiger partial charge in [0.1, 0.15) is 19.3 Å². The summed E-state index contributed by atoms with van der Waals surface area (Å²) in [6.07, 6.45) is 50.1. The van der Waals surface area contributed by atoms with Gasteiger partial charge in [-0.25, -0.2) is 9.13 Å². The number of carbonyl (C=O) groups excluding carboxylic acids is 4. The molecule has 0 aromatic rings. The van der Waals surface area contributed by atoms with E-state index >= 15 is 0 Å². The Morgan fingerprint density at radius 1 is 0.295 bits per heavy atom. The Morgan fingerprint density at radius 3 is 0.747 bits per heavy atom. The average molecular weight is 1400 g/mol. The first kappa shape index (κ1) is 93.1. The van der Waals surface area contributed by atoms with E-state index in [4.69, 9.17) is 37.0 Å². The van der Waals surface area contributed by atoms with Crippen molar-refractivity contribution < 1.29 is 80.2 Å². The molecule has 0 radical (unpaired) electrons. The minimum atomic E-state index is -4.96. The number of carbonyl (C=O) groups is 4. The molecule has 3 N–H and O–H groups in total. The largest absolute Gasteiger partial charge is 0.472 e. The van der Waals surface area contributed by atoms with Crippen LogP contribution < -0.4 is 0 Å². The molecule has 4 unspecified atom stereocenters. The summed E-state index contributed by atoms with van der Waals surface area (Å²) in [4.78, 5) is 72.8. The van der Waals surface area contributed by atoms with Gasteiger partial charge >= 0.3 is 39.5 Å². The lowest BCUT2D eigenvalue weighted by Gasteiger charge is -2.21. The Labute approximate surface area is 581 Å². The molecule has 0 rings (SSSR count). The third kappa shape index (κ3) is 67.6. The predicted octanol–water partition coefficient (Wildman–Crippen LogP) is 22.0. The lowest BCUT2D eigenvalue weighted by molar-refractivity contribution is -0.161. The molecule has 95 heavy (non-hydrogen) atoms. The van der Waals surface area contributed by atoms with Crippen molar-refractivity contribution in [2.75, 3.05) is 39.6 Å². The Hall–Kier alpha value is -1.94. The molecule has 7 atom stereocenters. The molecule has 19 heteroatoms. The second kappa shape index (κ2) is 65.4. The lowest BCUT2D eigenvalue weighted by Crippen LogP contribution is -2.30. The van der Waals surface area contributed by atoms with Crippen LogP contribution in [0.15, 0.2) is 0 Å². The van der Waals surface area contributed by atoms with Gasteiger partial charge in [-0.05, 0) is 49.4 Å². The van der Waals surface area contributed by atoms with Crippen molar-refractivity contribution in [2.45, 2.75) is 401 Å². The number of hydrogen-bond donors (Lipinski definition) is 3. The molecule has 0 saturated heterocycles. The summed E-state index contributed by atoms with van der Waals surface area (Å²) in [6.45, 7) is 14.2. The molecule has 0 aliphatic heterocycles. The Kier molecular flexibility index (Phi) is 64.0. The molecule has 0 aromatic heterocycles. The topological polar surface area (TPSA) is 237 Å². The molecule has 0 aromatic carbocycles. The minimum Gasteiger partial charge on any atom is -0.462 e. The maximum absolute atomic E-state index is 13.1. The van der Waals surface area contributed by atoms with Crippen molar-refractivity contribution in [3.8, 4) is 0 Å². The zero-order valence-electron chi connectivity index (χ0n) is 62.3. The smallest absolute Gasteiger partial charge is 0.462 e. The molecule has 0 heterocycles. The van der Waals surface area contributed by atoms with E-state index in [-0.39, 0.29) is 25.7 Å². The van der Waals surface area contributed by atoms with Crippen LogP contribution in [0.5, 0.6) is 0 Å². The van der Waals surface area contributed by atoms with Gasteiger partial charge in [0, 0.05) is 25.7 Å². The molecule has 0 saturated carbocycles. The number of rotatable bonds is 73. The summed E-state index contributed by atoms with van der Waals surface area (Å²) in [5.41, 5.74) is 0. The summed E-state index contributed by atoms with van der Waals surface area (Å²) in [7, 11) is -9.91. The highest BCUT2D eigenvalue weighted by Gasteiger charge is 2.30. The van der Waals surface area contributed by atoms with Crippen LogP contribution >= 0.6 is 15.6 Å². The molecule has 0 aliphatic carbocycles. The van der Waals surface area contributed by atoms with E-state index in [1.807, 2.05) is 0 Å². The number of phosphoric ester groups is 2. The van der Waals surface area contributed by atoms with Crippen LogP contribution in [0.3, 0.4) is 0 Å². The summed E-state index contributed by atoms with van der Waals surface area (Å²) in [5.74, 6) is 0.925. The highest BCUT2D eigenvalue weighted by Crippen LogP contribution is 2.45. The van der Waals surface area contributed by atoms with Gasteiger partial charge in [-0.15, -0.1) is 0 Å². The van der Waals surface area contributed by atoms with Gasteiger partial charge in [0.15, 0.2) is 12.2 Å². The van der Waals surface area contributed by atoms with Gasteiger partial charge in [0.25, 0.3) is 0 Å². The van der Waals surface area contributed by atoms with Gasteiger partial charge in [-0.1, -0.05) is 331 Å². The second-order valence-electron chi connectivity index (χ2n) is 28.8.